The van der Waals surface area contributed by atoms with Crippen LogP contribution in [-0.4, -0.2) is 15.0 Å². The van der Waals surface area contributed by atoms with E-state index in [1.165, 1.54) is 5.57 Å². The van der Waals surface area contributed by atoms with Crippen molar-refractivity contribution in [2.45, 2.75) is 6.92 Å². The van der Waals surface area contributed by atoms with Crippen molar-refractivity contribution in [2.75, 3.05) is 7.11 Å². The van der Waals surface area contributed by atoms with Crippen molar-refractivity contribution >= 4 is 18.9 Å². The molecule has 1 nitrogen and oxygen atoms in total. The molecule has 2 heteroatoms. The summed E-state index contributed by atoms with van der Waals surface area (Å²) in [5.41, 5.74) is 4.23. The Morgan fingerprint density at radius 2 is 1.78 bits per heavy atom. The molecule has 0 aliphatic rings. The molecule has 2 aromatic carbocycles. The van der Waals surface area contributed by atoms with Gasteiger partial charge < -0.3 is 4.74 Å². The van der Waals surface area contributed by atoms with Gasteiger partial charge in [-0.15, -0.1) is 0 Å². The van der Waals surface area contributed by atoms with E-state index in [1.54, 1.807) is 7.11 Å². The first-order valence-electron chi connectivity index (χ1n) is 5.91. The van der Waals surface area contributed by atoms with Crippen LogP contribution < -0.4 is 10.2 Å². The van der Waals surface area contributed by atoms with Gasteiger partial charge in [0, 0.05) is 0 Å². The predicted octanol–water partition coefficient (Wildman–Crippen LogP) is 2.94. The number of hydrogen-bond donors (Lipinski definition) is 0. The van der Waals surface area contributed by atoms with Gasteiger partial charge in [-0.3, -0.25) is 0 Å². The van der Waals surface area contributed by atoms with Crippen LogP contribution in [-0.2, 0) is 0 Å². The molecule has 18 heavy (non-hydrogen) atoms. The maximum absolute atomic E-state index is 5.83. The lowest BCUT2D eigenvalue weighted by Gasteiger charge is -2.09. The summed E-state index contributed by atoms with van der Waals surface area (Å²) < 4.78 is 5.17. The Labute approximate surface area is 110 Å². The van der Waals surface area contributed by atoms with E-state index in [4.69, 9.17) is 12.6 Å². The zero-order valence-electron chi connectivity index (χ0n) is 10.7. The molecule has 0 amide bonds. The highest BCUT2D eigenvalue weighted by Crippen LogP contribution is 2.24. The van der Waals surface area contributed by atoms with E-state index >= 15 is 0 Å². The monoisotopic (exact) mass is 234 g/mol. The van der Waals surface area contributed by atoms with Crippen LogP contribution >= 0.6 is 0 Å². The Morgan fingerprint density at radius 1 is 1.06 bits per heavy atom. The lowest BCUT2D eigenvalue weighted by molar-refractivity contribution is 0.415. The van der Waals surface area contributed by atoms with Gasteiger partial charge in [0.2, 0.25) is 0 Å². The molecule has 0 saturated carbocycles. The van der Waals surface area contributed by atoms with Crippen LogP contribution in [0.5, 0.6) is 5.75 Å². The summed E-state index contributed by atoms with van der Waals surface area (Å²) in [5, 5.41) is 0. The van der Waals surface area contributed by atoms with Crippen LogP contribution in [0.3, 0.4) is 0 Å². The third-order valence-corrected chi connectivity index (χ3v) is 2.89. The van der Waals surface area contributed by atoms with Crippen LogP contribution in [0.25, 0.3) is 5.57 Å². The summed E-state index contributed by atoms with van der Waals surface area (Å²) in [6, 6.07) is 15.9. The van der Waals surface area contributed by atoms with E-state index in [2.05, 4.69) is 24.3 Å². The summed E-state index contributed by atoms with van der Waals surface area (Å²) in [6.07, 6.45) is 2.09. The highest BCUT2D eigenvalue weighted by molar-refractivity contribution is 6.32. The molecule has 0 atom stereocenters. The number of allylic oxidation sites excluding steroid dienone is 1. The second kappa shape index (κ2) is 5.59. The average molecular weight is 234 g/mol. The molecule has 0 aliphatic carbocycles. The van der Waals surface area contributed by atoms with Gasteiger partial charge in [0.25, 0.3) is 0 Å². The quantitative estimate of drug-likeness (QED) is 0.742. The Kier molecular flexibility index (Phi) is 3.88. The van der Waals surface area contributed by atoms with Crippen molar-refractivity contribution in [3.8, 4) is 5.75 Å². The van der Waals surface area contributed by atoms with Crippen molar-refractivity contribution in [1.29, 1.82) is 0 Å². The molecular weight excluding hydrogens is 219 g/mol. The standard InChI is InChI=1S/C16H15BO/c1-3-16(13-5-4-6-14(17)11-13)12-7-9-15(18-2)10-8-12/h3-11H,1-2H3/b16-3+. The zero-order valence-corrected chi connectivity index (χ0v) is 10.7. The SMILES string of the molecule is [B]c1cccc(/C(=C/C)c2ccc(OC)cc2)c1. The first-order chi connectivity index (χ1) is 8.74. The van der Waals surface area contributed by atoms with Gasteiger partial charge in [-0.1, -0.05) is 47.9 Å². The summed E-state index contributed by atoms with van der Waals surface area (Å²) in [4.78, 5) is 0. The highest BCUT2D eigenvalue weighted by atomic mass is 16.5. The second-order valence-corrected chi connectivity index (χ2v) is 4.06. The summed E-state index contributed by atoms with van der Waals surface area (Å²) >= 11 is 0. The van der Waals surface area contributed by atoms with Gasteiger partial charge in [-0.2, -0.15) is 0 Å². The van der Waals surface area contributed by atoms with E-state index in [0.29, 0.717) is 0 Å². The first kappa shape index (κ1) is 12.5. The van der Waals surface area contributed by atoms with E-state index < -0.39 is 0 Å². The molecule has 0 spiro atoms. The molecule has 0 aliphatic heterocycles. The number of rotatable bonds is 3. The summed E-state index contributed by atoms with van der Waals surface area (Å²) in [5.74, 6) is 0.863. The molecule has 0 unspecified atom stereocenters. The van der Waals surface area contributed by atoms with Gasteiger partial charge in [-0.05, 0) is 35.8 Å². The van der Waals surface area contributed by atoms with Gasteiger partial charge in [0.15, 0.2) is 0 Å². The third-order valence-electron chi connectivity index (χ3n) is 2.89. The molecule has 0 fully saturated rings. The minimum Gasteiger partial charge on any atom is -0.497 e. The van der Waals surface area contributed by atoms with E-state index in [0.717, 1.165) is 22.3 Å². The summed E-state index contributed by atoms with van der Waals surface area (Å²) in [6.45, 7) is 2.03. The second-order valence-electron chi connectivity index (χ2n) is 4.06. The molecule has 88 valence electrons. The van der Waals surface area contributed by atoms with E-state index in [1.807, 2.05) is 37.3 Å². The maximum atomic E-state index is 5.83. The smallest absolute Gasteiger partial charge is 0.118 e. The van der Waals surface area contributed by atoms with Crippen molar-refractivity contribution in [3.63, 3.8) is 0 Å². The fourth-order valence-electron chi connectivity index (χ4n) is 1.98. The largest absolute Gasteiger partial charge is 0.497 e. The molecule has 2 rings (SSSR count). The Bertz CT molecular complexity index is 556. The number of ether oxygens (including phenoxy) is 1. The lowest BCUT2D eigenvalue weighted by atomic mass is 9.90. The molecule has 0 N–H and O–H groups in total. The Balaban J connectivity index is 2.39. The fraction of sp³-hybridized carbons (Fsp3) is 0.125. The van der Waals surface area contributed by atoms with Crippen molar-refractivity contribution in [3.05, 3.63) is 65.7 Å². The number of hydrogen-bond acceptors (Lipinski definition) is 1. The lowest BCUT2D eigenvalue weighted by Crippen LogP contribution is -2.02. The molecule has 0 bridgehead atoms. The fourth-order valence-corrected chi connectivity index (χ4v) is 1.98. The molecule has 2 radical (unpaired) electrons. The van der Waals surface area contributed by atoms with Crippen molar-refractivity contribution in [1.82, 2.24) is 0 Å². The topological polar surface area (TPSA) is 9.23 Å². The molecular formula is C16H15BO. The van der Waals surface area contributed by atoms with Crippen molar-refractivity contribution < 1.29 is 4.74 Å². The summed E-state index contributed by atoms with van der Waals surface area (Å²) in [7, 11) is 7.50. The Morgan fingerprint density at radius 3 is 2.33 bits per heavy atom. The van der Waals surface area contributed by atoms with Gasteiger partial charge >= 0.3 is 0 Å². The van der Waals surface area contributed by atoms with Gasteiger partial charge in [0.1, 0.15) is 13.6 Å². The van der Waals surface area contributed by atoms with E-state index in [9.17, 15) is 0 Å². The normalized spacial score (nSPS) is 11.3. The maximum Gasteiger partial charge on any atom is 0.118 e. The highest BCUT2D eigenvalue weighted by Gasteiger charge is 2.04. The molecule has 0 aromatic heterocycles. The molecule has 0 saturated heterocycles. The van der Waals surface area contributed by atoms with Crippen LogP contribution in [0.4, 0.5) is 0 Å². The number of benzene rings is 2. The minimum atomic E-state index is 0.778. The number of methoxy groups -OCH3 is 1. The van der Waals surface area contributed by atoms with Crippen molar-refractivity contribution in [2.24, 2.45) is 0 Å². The van der Waals surface area contributed by atoms with Crippen LogP contribution in [0.1, 0.15) is 18.1 Å². The van der Waals surface area contributed by atoms with Gasteiger partial charge in [-0.25, -0.2) is 0 Å². The minimum absolute atomic E-state index is 0.778. The van der Waals surface area contributed by atoms with Gasteiger partial charge in [0.05, 0.1) is 7.11 Å². The Hall–Kier alpha value is -1.96. The van der Waals surface area contributed by atoms with Crippen LogP contribution in [0.15, 0.2) is 54.6 Å². The van der Waals surface area contributed by atoms with Crippen LogP contribution in [0, 0.1) is 0 Å². The average Bonchev–Trinajstić information content (AvgIpc) is 2.40. The third kappa shape index (κ3) is 2.65. The predicted molar refractivity (Wildman–Crippen MR) is 77.6 cm³/mol. The first-order valence-corrected chi connectivity index (χ1v) is 5.91. The zero-order chi connectivity index (χ0) is 13.0. The molecule has 0 heterocycles. The molecule has 2 aromatic rings. The van der Waals surface area contributed by atoms with Crippen LogP contribution in [0.2, 0.25) is 0 Å². The van der Waals surface area contributed by atoms with E-state index in [-0.39, 0.29) is 0 Å².